The van der Waals surface area contributed by atoms with E-state index in [1.807, 2.05) is 31.1 Å². The summed E-state index contributed by atoms with van der Waals surface area (Å²) in [6.07, 6.45) is 1.42. The van der Waals surface area contributed by atoms with Crippen LogP contribution in [0.3, 0.4) is 0 Å². The number of methoxy groups -OCH3 is 1. The van der Waals surface area contributed by atoms with Gasteiger partial charge < -0.3 is 20.1 Å². The average Bonchev–Trinajstić information content (AvgIpc) is 2.29. The van der Waals surface area contributed by atoms with Crippen LogP contribution in [0.25, 0.3) is 0 Å². The molecule has 0 radical (unpaired) electrons. The number of aliphatic hydroxyl groups is 1. The van der Waals surface area contributed by atoms with Crippen LogP contribution >= 0.6 is 0 Å². The van der Waals surface area contributed by atoms with Crippen molar-refractivity contribution in [3.63, 3.8) is 0 Å². The Morgan fingerprint density at radius 2 is 2.24 bits per heavy atom. The lowest BCUT2D eigenvalue weighted by molar-refractivity contribution is 0.134. The Hall–Kier alpha value is -1.17. The number of hydrogen-bond acceptors (Lipinski definition) is 5. The average molecular weight is 239 g/mol. The monoisotopic (exact) mass is 239 g/mol. The van der Waals surface area contributed by atoms with Gasteiger partial charge >= 0.3 is 0 Å². The minimum absolute atomic E-state index is 0.351. The number of nitrogens with one attached hydrogen (secondary N) is 1. The molecule has 0 aliphatic rings. The molecule has 0 bridgehead atoms. The zero-order valence-electron chi connectivity index (χ0n) is 10.7. The third-order valence-corrected chi connectivity index (χ3v) is 2.29. The van der Waals surface area contributed by atoms with Crippen LogP contribution in [0, 0.1) is 0 Å². The number of nitrogens with zero attached hydrogens (tertiary/aromatic N) is 2. The van der Waals surface area contributed by atoms with E-state index in [0.717, 1.165) is 5.56 Å². The summed E-state index contributed by atoms with van der Waals surface area (Å²) in [5, 5.41) is 12.8. The Bertz CT molecular complexity index is 314. The molecule has 17 heavy (non-hydrogen) atoms. The van der Waals surface area contributed by atoms with Gasteiger partial charge in [0, 0.05) is 31.9 Å². The summed E-state index contributed by atoms with van der Waals surface area (Å²) in [7, 11) is 5.48. The van der Waals surface area contributed by atoms with E-state index >= 15 is 0 Å². The van der Waals surface area contributed by atoms with E-state index < -0.39 is 0 Å². The van der Waals surface area contributed by atoms with Gasteiger partial charge in [-0.15, -0.1) is 0 Å². The number of likely N-dealkylation sites (N-methyl/N-ethyl adjacent to an activating group) is 1. The molecule has 0 saturated carbocycles. The summed E-state index contributed by atoms with van der Waals surface area (Å²) in [4.78, 5) is 6.07. The molecule has 1 aromatic rings. The smallest absolute Gasteiger partial charge is 0.212 e. The fourth-order valence-corrected chi connectivity index (χ4v) is 1.51. The van der Waals surface area contributed by atoms with Crippen molar-refractivity contribution >= 4 is 0 Å². The van der Waals surface area contributed by atoms with Crippen molar-refractivity contribution < 1.29 is 9.84 Å². The van der Waals surface area contributed by atoms with Gasteiger partial charge in [0.25, 0.3) is 0 Å². The maximum Gasteiger partial charge on any atom is 0.212 e. The summed E-state index contributed by atoms with van der Waals surface area (Å²) < 4.78 is 4.98. The lowest BCUT2D eigenvalue weighted by atomic mass is 10.2. The molecule has 1 aromatic heterocycles. The number of pyridine rings is 1. The second-order valence-electron chi connectivity index (χ2n) is 4.26. The van der Waals surface area contributed by atoms with Crippen molar-refractivity contribution in [2.75, 3.05) is 34.3 Å². The van der Waals surface area contributed by atoms with Gasteiger partial charge in [-0.05, 0) is 19.7 Å². The van der Waals surface area contributed by atoms with E-state index in [1.54, 1.807) is 13.3 Å². The van der Waals surface area contributed by atoms with Gasteiger partial charge in [0.05, 0.1) is 13.2 Å². The van der Waals surface area contributed by atoms with Crippen molar-refractivity contribution in [3.8, 4) is 5.88 Å². The summed E-state index contributed by atoms with van der Waals surface area (Å²) >= 11 is 0. The van der Waals surface area contributed by atoms with Gasteiger partial charge in [-0.1, -0.05) is 6.07 Å². The van der Waals surface area contributed by atoms with Crippen LogP contribution in [0.15, 0.2) is 18.3 Å². The number of aromatic nitrogens is 1. The lowest BCUT2D eigenvalue weighted by Gasteiger charge is -2.16. The molecule has 1 heterocycles. The van der Waals surface area contributed by atoms with Gasteiger partial charge in [-0.25, -0.2) is 4.98 Å². The Balaban J connectivity index is 2.25. The van der Waals surface area contributed by atoms with E-state index in [-0.39, 0.29) is 6.10 Å². The molecule has 0 saturated heterocycles. The van der Waals surface area contributed by atoms with E-state index in [0.29, 0.717) is 25.5 Å². The molecule has 0 fully saturated rings. The van der Waals surface area contributed by atoms with Crippen LogP contribution in [0.1, 0.15) is 5.56 Å². The van der Waals surface area contributed by atoms with Crippen molar-refractivity contribution in [2.24, 2.45) is 0 Å². The Morgan fingerprint density at radius 1 is 1.47 bits per heavy atom. The van der Waals surface area contributed by atoms with E-state index in [2.05, 4.69) is 10.3 Å². The first kappa shape index (κ1) is 13.9. The maximum atomic E-state index is 9.64. The first-order valence-electron chi connectivity index (χ1n) is 5.64. The third-order valence-electron chi connectivity index (χ3n) is 2.29. The van der Waals surface area contributed by atoms with Crippen molar-refractivity contribution in [1.82, 2.24) is 15.2 Å². The predicted octanol–water partition coefficient (Wildman–Crippen LogP) is 0.102. The highest BCUT2D eigenvalue weighted by Crippen LogP contribution is 2.06. The van der Waals surface area contributed by atoms with Gasteiger partial charge in [-0.3, -0.25) is 0 Å². The summed E-state index contributed by atoms with van der Waals surface area (Å²) in [5.41, 5.74) is 1.07. The highest BCUT2D eigenvalue weighted by Gasteiger charge is 2.04. The second-order valence-corrected chi connectivity index (χ2v) is 4.26. The molecule has 1 unspecified atom stereocenters. The van der Waals surface area contributed by atoms with Crippen molar-refractivity contribution in [2.45, 2.75) is 12.6 Å². The molecule has 5 heteroatoms. The van der Waals surface area contributed by atoms with Gasteiger partial charge in [0.2, 0.25) is 5.88 Å². The van der Waals surface area contributed by atoms with Crippen molar-refractivity contribution in [3.05, 3.63) is 23.9 Å². The first-order valence-corrected chi connectivity index (χ1v) is 5.64. The maximum absolute atomic E-state index is 9.64. The molecule has 0 aliphatic carbocycles. The molecular formula is C12H21N3O2. The second kappa shape index (κ2) is 7.21. The van der Waals surface area contributed by atoms with Gasteiger partial charge in [-0.2, -0.15) is 0 Å². The minimum atomic E-state index is -0.351. The highest BCUT2D eigenvalue weighted by atomic mass is 16.5. The first-order chi connectivity index (χ1) is 8.11. The van der Waals surface area contributed by atoms with Crippen LogP contribution < -0.4 is 10.1 Å². The van der Waals surface area contributed by atoms with E-state index in [4.69, 9.17) is 4.74 Å². The number of rotatable bonds is 7. The summed E-state index contributed by atoms with van der Waals surface area (Å²) in [5.74, 6) is 0.612. The summed E-state index contributed by atoms with van der Waals surface area (Å²) in [6, 6.07) is 3.78. The predicted molar refractivity (Wildman–Crippen MR) is 67.1 cm³/mol. The zero-order chi connectivity index (χ0) is 12.7. The fourth-order valence-electron chi connectivity index (χ4n) is 1.51. The van der Waals surface area contributed by atoms with Crippen LogP contribution in [-0.2, 0) is 6.54 Å². The van der Waals surface area contributed by atoms with Crippen molar-refractivity contribution in [1.29, 1.82) is 0 Å². The Morgan fingerprint density at radius 3 is 2.76 bits per heavy atom. The van der Waals surface area contributed by atoms with Gasteiger partial charge in [0.15, 0.2) is 0 Å². The third kappa shape index (κ3) is 5.63. The number of hydrogen-bond donors (Lipinski definition) is 2. The Kier molecular flexibility index (Phi) is 5.90. The molecule has 1 atom stereocenters. The quantitative estimate of drug-likeness (QED) is 0.707. The van der Waals surface area contributed by atoms with Crippen LogP contribution in [0.2, 0.25) is 0 Å². The number of aliphatic hydroxyl groups excluding tert-OH is 1. The van der Waals surface area contributed by atoms with Crippen LogP contribution in [-0.4, -0.2) is 55.4 Å². The molecule has 0 spiro atoms. The van der Waals surface area contributed by atoms with Crippen LogP contribution in [0.5, 0.6) is 5.88 Å². The molecule has 5 nitrogen and oxygen atoms in total. The van der Waals surface area contributed by atoms with Gasteiger partial charge in [0.1, 0.15) is 0 Å². The summed E-state index contributed by atoms with van der Waals surface area (Å²) in [6.45, 7) is 1.93. The fraction of sp³-hybridized carbons (Fsp3) is 0.583. The molecule has 96 valence electrons. The van der Waals surface area contributed by atoms with E-state index in [9.17, 15) is 5.11 Å². The molecular weight excluding hydrogens is 218 g/mol. The normalized spacial score (nSPS) is 12.8. The molecule has 0 aliphatic heterocycles. The Labute approximate surface area is 102 Å². The number of ether oxygens (including phenoxy) is 1. The largest absolute Gasteiger partial charge is 0.481 e. The topological polar surface area (TPSA) is 57.6 Å². The molecule has 0 aromatic carbocycles. The van der Waals surface area contributed by atoms with E-state index in [1.165, 1.54) is 0 Å². The molecule has 0 amide bonds. The molecule has 1 rings (SSSR count). The highest BCUT2D eigenvalue weighted by molar-refractivity contribution is 5.17. The van der Waals surface area contributed by atoms with Crippen LogP contribution in [0.4, 0.5) is 0 Å². The standard InChI is InChI=1S/C12H21N3O2/c1-15(2)9-11(16)8-13-6-10-4-5-12(17-3)14-7-10/h4-5,7,11,13,16H,6,8-9H2,1-3H3. The minimum Gasteiger partial charge on any atom is -0.481 e. The zero-order valence-corrected chi connectivity index (χ0v) is 10.7. The molecule has 2 N–H and O–H groups in total. The lowest BCUT2D eigenvalue weighted by Crippen LogP contribution is -2.34. The SMILES string of the molecule is COc1ccc(CNCC(O)CN(C)C)cn1.